The molecule has 4 aliphatic rings. The number of hydrogen-bond acceptors (Lipinski definition) is 2. The molecule has 6 unspecified atom stereocenters. The molecule has 0 spiro atoms. The van der Waals surface area contributed by atoms with Crippen LogP contribution in [0.2, 0.25) is 0 Å². The number of benzene rings is 1. The van der Waals surface area contributed by atoms with Crippen molar-refractivity contribution in [2.24, 2.45) is 46.3 Å². The first-order chi connectivity index (χ1) is 16.6. The van der Waals surface area contributed by atoms with Gasteiger partial charge in [0.25, 0.3) is 0 Å². The van der Waals surface area contributed by atoms with Gasteiger partial charge in [0.2, 0.25) is 5.91 Å². The van der Waals surface area contributed by atoms with Crippen LogP contribution in [0.1, 0.15) is 97.0 Å². The van der Waals surface area contributed by atoms with Gasteiger partial charge in [-0.15, -0.1) is 0 Å². The van der Waals surface area contributed by atoms with Gasteiger partial charge in [0.1, 0.15) is 5.82 Å². The average Bonchev–Trinajstić information content (AvgIpc) is 3.17. The Kier molecular flexibility index (Phi) is 6.83. The fourth-order valence-corrected chi connectivity index (χ4v) is 9.71. The van der Waals surface area contributed by atoms with Gasteiger partial charge in [-0.2, -0.15) is 0 Å². The summed E-state index contributed by atoms with van der Waals surface area (Å²) in [5, 5.41) is 13.2. The summed E-state index contributed by atoms with van der Waals surface area (Å²) in [6.07, 6.45) is 12.6. The van der Waals surface area contributed by atoms with E-state index in [9.17, 15) is 14.3 Å². The summed E-state index contributed by atoms with van der Waals surface area (Å²) in [5.41, 5.74) is 2.31. The number of hydrogen-bond donors (Lipinski definition) is 2. The third-order valence-corrected chi connectivity index (χ3v) is 11.7. The molecule has 3 nitrogen and oxygen atoms in total. The van der Waals surface area contributed by atoms with E-state index in [4.69, 9.17) is 0 Å². The zero-order chi connectivity index (χ0) is 25.0. The Morgan fingerprint density at radius 1 is 1.09 bits per heavy atom. The van der Waals surface area contributed by atoms with Crippen molar-refractivity contribution in [2.75, 3.05) is 5.32 Å². The van der Waals surface area contributed by atoms with Crippen LogP contribution in [0.25, 0.3) is 0 Å². The standard InChI is InChI=1S/C31H46FNO2/c1-19(6-12-29(35)33-28-18-22(32)8-5-20(28)2)25-10-11-26-24-9-7-21-17-23(34)13-15-30(21,3)27(24)14-16-31(25,26)4/h5,8,18-19,21,23-27,34H,6-7,9-17H2,1-4H3,(H,33,35)/t19-,21?,23-,24?,25-,26?,27?,30?,31?/m1/s1. The van der Waals surface area contributed by atoms with Crippen molar-refractivity contribution >= 4 is 11.6 Å². The fourth-order valence-electron chi connectivity index (χ4n) is 9.71. The van der Waals surface area contributed by atoms with Crippen LogP contribution in [0.5, 0.6) is 0 Å². The average molecular weight is 484 g/mol. The number of carbonyl (C=O) groups is 1. The summed E-state index contributed by atoms with van der Waals surface area (Å²) < 4.78 is 13.6. The molecule has 4 aliphatic carbocycles. The van der Waals surface area contributed by atoms with Gasteiger partial charge in [0, 0.05) is 12.1 Å². The minimum atomic E-state index is -0.313. The van der Waals surface area contributed by atoms with Crippen LogP contribution in [0.3, 0.4) is 0 Å². The molecule has 2 N–H and O–H groups in total. The number of amides is 1. The fraction of sp³-hybridized carbons (Fsp3) is 0.774. The van der Waals surface area contributed by atoms with E-state index >= 15 is 0 Å². The molecule has 0 bridgehead atoms. The third-order valence-electron chi connectivity index (χ3n) is 11.7. The van der Waals surface area contributed by atoms with Gasteiger partial charge in [0.05, 0.1) is 6.10 Å². The largest absolute Gasteiger partial charge is 0.393 e. The van der Waals surface area contributed by atoms with Crippen molar-refractivity contribution in [1.82, 2.24) is 0 Å². The lowest BCUT2D eigenvalue weighted by molar-refractivity contribution is -0.129. The number of rotatable bonds is 5. The monoisotopic (exact) mass is 483 g/mol. The normalized spacial score (nSPS) is 41.4. The van der Waals surface area contributed by atoms with Gasteiger partial charge < -0.3 is 10.4 Å². The highest BCUT2D eigenvalue weighted by molar-refractivity contribution is 5.91. The molecule has 35 heavy (non-hydrogen) atoms. The summed E-state index contributed by atoms with van der Waals surface area (Å²) in [6.45, 7) is 9.41. The lowest BCUT2D eigenvalue weighted by Gasteiger charge is -2.61. The molecule has 4 heteroatoms. The number of aliphatic hydroxyl groups excluding tert-OH is 1. The van der Waals surface area contributed by atoms with Gasteiger partial charge in [0.15, 0.2) is 0 Å². The number of nitrogens with one attached hydrogen (secondary N) is 1. The quantitative estimate of drug-likeness (QED) is 0.455. The Labute approximate surface area is 211 Å². The number of halogens is 1. The van der Waals surface area contributed by atoms with Crippen molar-refractivity contribution < 1.29 is 14.3 Å². The van der Waals surface area contributed by atoms with Crippen LogP contribution in [0, 0.1) is 59.1 Å². The molecule has 1 aromatic rings. The number of aliphatic hydroxyl groups is 1. The molecule has 5 rings (SSSR count). The molecule has 1 amide bonds. The van der Waals surface area contributed by atoms with E-state index in [1.54, 1.807) is 6.07 Å². The highest BCUT2D eigenvalue weighted by atomic mass is 19.1. The second-order valence-electron chi connectivity index (χ2n) is 13.3. The predicted molar refractivity (Wildman–Crippen MR) is 139 cm³/mol. The topological polar surface area (TPSA) is 49.3 Å². The van der Waals surface area contributed by atoms with E-state index < -0.39 is 0 Å². The van der Waals surface area contributed by atoms with E-state index in [2.05, 4.69) is 26.1 Å². The molecule has 1 aromatic carbocycles. The molecule has 194 valence electrons. The first kappa shape index (κ1) is 25.2. The van der Waals surface area contributed by atoms with Gasteiger partial charge in [-0.3, -0.25) is 4.79 Å². The Balaban J connectivity index is 1.21. The van der Waals surface area contributed by atoms with Gasteiger partial charge >= 0.3 is 0 Å². The summed E-state index contributed by atoms with van der Waals surface area (Å²) in [6, 6.07) is 4.57. The number of aryl methyl sites for hydroxylation is 1. The van der Waals surface area contributed by atoms with Crippen LogP contribution in [-0.4, -0.2) is 17.1 Å². The van der Waals surface area contributed by atoms with Crippen LogP contribution >= 0.6 is 0 Å². The van der Waals surface area contributed by atoms with Crippen molar-refractivity contribution in [2.45, 2.75) is 104 Å². The minimum absolute atomic E-state index is 0.000286. The smallest absolute Gasteiger partial charge is 0.224 e. The molecule has 4 fully saturated rings. The second kappa shape index (κ2) is 9.47. The van der Waals surface area contributed by atoms with Crippen molar-refractivity contribution in [1.29, 1.82) is 0 Å². The maximum Gasteiger partial charge on any atom is 0.224 e. The predicted octanol–water partition coefficient (Wildman–Crippen LogP) is 7.51. The van der Waals surface area contributed by atoms with Gasteiger partial charge in [-0.1, -0.05) is 26.8 Å². The summed E-state index contributed by atoms with van der Waals surface area (Å²) in [5.74, 6) is 4.12. The number of carbonyl (C=O) groups excluding carboxylic acids is 1. The zero-order valence-corrected chi connectivity index (χ0v) is 22.3. The van der Waals surface area contributed by atoms with Crippen molar-refractivity contribution in [3.8, 4) is 0 Å². The molecular formula is C31H46FNO2. The maximum absolute atomic E-state index is 13.6. The lowest BCUT2D eigenvalue weighted by Crippen LogP contribution is -2.54. The summed E-state index contributed by atoms with van der Waals surface area (Å²) >= 11 is 0. The third kappa shape index (κ3) is 4.47. The molecule has 9 atom stereocenters. The Morgan fingerprint density at radius 3 is 2.63 bits per heavy atom. The molecule has 0 radical (unpaired) electrons. The summed E-state index contributed by atoms with van der Waals surface area (Å²) in [7, 11) is 0. The van der Waals surface area contributed by atoms with E-state index in [0.29, 0.717) is 40.7 Å². The SMILES string of the molecule is Cc1ccc(F)cc1NC(=O)CC[C@@H](C)[C@H]1CCC2C3CCC4C[C@H](O)CCC4(C)C3CCC21C. The summed E-state index contributed by atoms with van der Waals surface area (Å²) in [4.78, 5) is 12.7. The van der Waals surface area contributed by atoms with Crippen molar-refractivity contribution in [3.63, 3.8) is 0 Å². The number of fused-ring (bicyclic) bond motifs is 5. The van der Waals surface area contributed by atoms with Gasteiger partial charge in [-0.25, -0.2) is 4.39 Å². The Bertz CT molecular complexity index is 948. The first-order valence-electron chi connectivity index (χ1n) is 14.4. The van der Waals surface area contributed by atoms with Crippen LogP contribution in [-0.2, 0) is 4.79 Å². The molecule has 0 aromatic heterocycles. The second-order valence-corrected chi connectivity index (χ2v) is 13.3. The molecule has 0 heterocycles. The van der Waals surface area contributed by atoms with E-state index in [-0.39, 0.29) is 17.8 Å². The minimum Gasteiger partial charge on any atom is -0.393 e. The highest BCUT2D eigenvalue weighted by Crippen LogP contribution is 2.68. The molecule has 0 saturated heterocycles. The van der Waals surface area contributed by atoms with Crippen LogP contribution < -0.4 is 5.32 Å². The highest BCUT2D eigenvalue weighted by Gasteiger charge is 2.60. The van der Waals surface area contributed by atoms with E-state index in [1.165, 1.54) is 57.1 Å². The van der Waals surface area contributed by atoms with E-state index in [1.807, 2.05) is 6.92 Å². The maximum atomic E-state index is 13.6. The Hall–Kier alpha value is -1.42. The van der Waals surface area contributed by atoms with Gasteiger partial charge in [-0.05, 0) is 135 Å². The van der Waals surface area contributed by atoms with Crippen molar-refractivity contribution in [3.05, 3.63) is 29.6 Å². The molecule has 4 saturated carbocycles. The Morgan fingerprint density at radius 2 is 1.83 bits per heavy atom. The lowest BCUT2D eigenvalue weighted by atomic mass is 9.44. The zero-order valence-electron chi connectivity index (χ0n) is 22.3. The van der Waals surface area contributed by atoms with E-state index in [0.717, 1.165) is 42.6 Å². The first-order valence-corrected chi connectivity index (χ1v) is 14.4. The molecule has 0 aliphatic heterocycles. The van der Waals surface area contributed by atoms with Crippen LogP contribution in [0.4, 0.5) is 10.1 Å². The number of anilines is 1. The van der Waals surface area contributed by atoms with Crippen LogP contribution in [0.15, 0.2) is 18.2 Å². The molecular weight excluding hydrogens is 437 g/mol.